The minimum atomic E-state index is -0.840. The molecule has 1 heterocycles. The summed E-state index contributed by atoms with van der Waals surface area (Å²) in [4.78, 5) is 23.6. The summed E-state index contributed by atoms with van der Waals surface area (Å²) in [5.74, 6) is -0.805. The second-order valence-electron chi connectivity index (χ2n) is 6.98. The van der Waals surface area contributed by atoms with Gasteiger partial charge in [0, 0.05) is 13.0 Å². The SMILES string of the molecule is CCCCCCCCCCCC(=O)OC(C)C(=O)OCC1CCCO1. The van der Waals surface area contributed by atoms with Crippen LogP contribution in [0.25, 0.3) is 0 Å². The lowest BCUT2D eigenvalue weighted by Crippen LogP contribution is -2.29. The van der Waals surface area contributed by atoms with Gasteiger partial charge in [0.1, 0.15) is 6.61 Å². The molecule has 5 heteroatoms. The van der Waals surface area contributed by atoms with Crippen LogP contribution in [0, 0.1) is 0 Å². The third kappa shape index (κ3) is 11.2. The van der Waals surface area contributed by atoms with Gasteiger partial charge in [0.2, 0.25) is 0 Å². The first-order chi connectivity index (χ1) is 12.1. The van der Waals surface area contributed by atoms with E-state index in [0.717, 1.165) is 32.3 Å². The van der Waals surface area contributed by atoms with Gasteiger partial charge in [-0.1, -0.05) is 58.3 Å². The fourth-order valence-corrected chi connectivity index (χ4v) is 2.95. The number of carbonyl (C=O) groups excluding carboxylic acids is 2. The van der Waals surface area contributed by atoms with Gasteiger partial charge in [0.25, 0.3) is 0 Å². The molecule has 2 unspecified atom stereocenters. The molecule has 0 aromatic carbocycles. The van der Waals surface area contributed by atoms with Gasteiger partial charge in [-0.05, 0) is 26.2 Å². The number of carbonyl (C=O) groups is 2. The van der Waals surface area contributed by atoms with Gasteiger partial charge in [0.15, 0.2) is 6.10 Å². The Morgan fingerprint density at radius 2 is 1.68 bits per heavy atom. The summed E-state index contributed by atoms with van der Waals surface area (Å²) in [6.07, 6.45) is 12.3. The summed E-state index contributed by atoms with van der Waals surface area (Å²) in [6, 6.07) is 0. The molecule has 0 amide bonds. The van der Waals surface area contributed by atoms with Gasteiger partial charge >= 0.3 is 11.9 Å². The molecule has 1 aliphatic heterocycles. The molecule has 0 radical (unpaired) electrons. The molecule has 0 aromatic heterocycles. The topological polar surface area (TPSA) is 61.8 Å². The highest BCUT2D eigenvalue weighted by molar-refractivity contribution is 5.78. The quantitative estimate of drug-likeness (QED) is 0.337. The molecule has 5 nitrogen and oxygen atoms in total. The molecular weight excluding hydrogens is 320 g/mol. The van der Waals surface area contributed by atoms with Crippen molar-refractivity contribution >= 4 is 11.9 Å². The molecule has 1 aliphatic rings. The first kappa shape index (κ1) is 21.9. The Bertz CT molecular complexity index is 363. The van der Waals surface area contributed by atoms with E-state index in [4.69, 9.17) is 14.2 Å². The lowest BCUT2D eigenvalue weighted by molar-refractivity contribution is -0.168. The highest BCUT2D eigenvalue weighted by Gasteiger charge is 2.22. The van der Waals surface area contributed by atoms with E-state index in [1.165, 1.54) is 44.9 Å². The zero-order valence-electron chi connectivity index (χ0n) is 16.1. The van der Waals surface area contributed by atoms with E-state index < -0.39 is 12.1 Å². The molecule has 0 saturated carbocycles. The van der Waals surface area contributed by atoms with E-state index in [9.17, 15) is 9.59 Å². The van der Waals surface area contributed by atoms with Crippen LogP contribution in [0.3, 0.4) is 0 Å². The number of hydrogen-bond acceptors (Lipinski definition) is 5. The van der Waals surface area contributed by atoms with Crippen molar-refractivity contribution in [2.45, 2.75) is 103 Å². The number of esters is 2. The summed E-state index contributed by atoms with van der Waals surface area (Å²) >= 11 is 0. The first-order valence-electron chi connectivity index (χ1n) is 10.1. The van der Waals surface area contributed by atoms with E-state index in [1.54, 1.807) is 6.92 Å². The molecule has 0 N–H and O–H groups in total. The third-order valence-corrected chi connectivity index (χ3v) is 4.56. The molecule has 1 fully saturated rings. The Kier molecular flexibility index (Phi) is 12.4. The smallest absolute Gasteiger partial charge is 0.347 e. The minimum Gasteiger partial charge on any atom is -0.460 e. The second-order valence-corrected chi connectivity index (χ2v) is 6.98. The maximum absolute atomic E-state index is 11.8. The van der Waals surface area contributed by atoms with Gasteiger partial charge in [-0.3, -0.25) is 4.79 Å². The molecule has 0 bridgehead atoms. The Labute approximate surface area is 152 Å². The maximum atomic E-state index is 11.8. The summed E-state index contributed by atoms with van der Waals surface area (Å²) in [6.45, 7) is 4.76. The molecule has 1 saturated heterocycles. The number of ether oxygens (including phenoxy) is 3. The van der Waals surface area contributed by atoms with Gasteiger partial charge in [-0.2, -0.15) is 0 Å². The van der Waals surface area contributed by atoms with Crippen LogP contribution in [0.15, 0.2) is 0 Å². The lowest BCUT2D eigenvalue weighted by atomic mass is 10.1. The van der Waals surface area contributed by atoms with Crippen LogP contribution in [0.4, 0.5) is 0 Å². The van der Waals surface area contributed by atoms with Gasteiger partial charge in [-0.25, -0.2) is 4.79 Å². The summed E-state index contributed by atoms with van der Waals surface area (Å²) in [5, 5.41) is 0. The molecular formula is C20H36O5. The summed E-state index contributed by atoms with van der Waals surface area (Å²) in [5.41, 5.74) is 0. The van der Waals surface area contributed by atoms with Crippen molar-refractivity contribution < 1.29 is 23.8 Å². The highest BCUT2D eigenvalue weighted by atomic mass is 16.6. The minimum absolute atomic E-state index is 0.00572. The molecule has 2 atom stereocenters. The van der Waals surface area contributed by atoms with E-state index >= 15 is 0 Å². The zero-order valence-corrected chi connectivity index (χ0v) is 16.1. The maximum Gasteiger partial charge on any atom is 0.347 e. The fourth-order valence-electron chi connectivity index (χ4n) is 2.95. The summed E-state index contributed by atoms with van der Waals surface area (Å²) < 4.78 is 15.7. The van der Waals surface area contributed by atoms with Crippen molar-refractivity contribution in [1.29, 1.82) is 0 Å². The molecule has 0 aromatic rings. The highest BCUT2D eigenvalue weighted by Crippen LogP contribution is 2.13. The van der Waals surface area contributed by atoms with Crippen molar-refractivity contribution in [1.82, 2.24) is 0 Å². The Morgan fingerprint density at radius 1 is 1.04 bits per heavy atom. The van der Waals surface area contributed by atoms with Crippen molar-refractivity contribution in [3.63, 3.8) is 0 Å². The van der Waals surface area contributed by atoms with Gasteiger partial charge in [-0.15, -0.1) is 0 Å². The predicted molar refractivity (Wildman–Crippen MR) is 97.3 cm³/mol. The first-order valence-corrected chi connectivity index (χ1v) is 10.1. The fraction of sp³-hybridized carbons (Fsp3) is 0.900. The standard InChI is InChI=1S/C20H36O5/c1-3-4-5-6-7-8-9-10-11-14-19(21)25-17(2)20(22)24-16-18-13-12-15-23-18/h17-18H,3-16H2,1-2H3. The molecule has 25 heavy (non-hydrogen) atoms. The average Bonchev–Trinajstić information content (AvgIpc) is 3.11. The number of unbranched alkanes of at least 4 members (excludes halogenated alkanes) is 8. The van der Waals surface area contributed by atoms with Gasteiger partial charge in [0.05, 0.1) is 6.10 Å². The monoisotopic (exact) mass is 356 g/mol. The summed E-state index contributed by atoms with van der Waals surface area (Å²) in [7, 11) is 0. The van der Waals surface area contributed by atoms with E-state index in [1.807, 2.05) is 0 Å². The predicted octanol–water partition coefficient (Wildman–Crippen LogP) is 4.56. The van der Waals surface area contributed by atoms with E-state index in [-0.39, 0.29) is 18.7 Å². The van der Waals surface area contributed by atoms with E-state index in [2.05, 4.69) is 6.92 Å². The third-order valence-electron chi connectivity index (χ3n) is 4.56. The van der Waals surface area contributed by atoms with Crippen LogP contribution in [0.2, 0.25) is 0 Å². The number of rotatable bonds is 14. The van der Waals surface area contributed by atoms with Crippen LogP contribution >= 0.6 is 0 Å². The van der Waals surface area contributed by atoms with Crippen LogP contribution in [0.1, 0.15) is 90.9 Å². The molecule has 146 valence electrons. The van der Waals surface area contributed by atoms with Crippen LogP contribution < -0.4 is 0 Å². The molecule has 0 spiro atoms. The van der Waals surface area contributed by atoms with E-state index in [0.29, 0.717) is 6.42 Å². The van der Waals surface area contributed by atoms with Crippen LogP contribution in [0.5, 0.6) is 0 Å². The lowest BCUT2D eigenvalue weighted by Gasteiger charge is -2.15. The molecule has 1 rings (SSSR count). The van der Waals surface area contributed by atoms with Gasteiger partial charge < -0.3 is 14.2 Å². The Morgan fingerprint density at radius 3 is 2.28 bits per heavy atom. The normalized spacial score (nSPS) is 18.1. The molecule has 0 aliphatic carbocycles. The van der Waals surface area contributed by atoms with Crippen LogP contribution in [-0.2, 0) is 23.8 Å². The van der Waals surface area contributed by atoms with Crippen LogP contribution in [-0.4, -0.2) is 37.4 Å². The van der Waals surface area contributed by atoms with Crippen molar-refractivity contribution in [2.24, 2.45) is 0 Å². The zero-order chi connectivity index (χ0) is 18.3. The number of hydrogen-bond donors (Lipinski definition) is 0. The van der Waals surface area contributed by atoms with Crippen molar-refractivity contribution in [2.75, 3.05) is 13.2 Å². The second kappa shape index (κ2) is 14.1. The van der Waals surface area contributed by atoms with Crippen molar-refractivity contribution in [3.8, 4) is 0 Å². The largest absolute Gasteiger partial charge is 0.460 e. The Balaban J connectivity index is 1.96. The Hall–Kier alpha value is -1.10. The average molecular weight is 357 g/mol. The van der Waals surface area contributed by atoms with Crippen molar-refractivity contribution in [3.05, 3.63) is 0 Å².